The lowest BCUT2D eigenvalue weighted by molar-refractivity contribution is -0.121. The van der Waals surface area contributed by atoms with Crippen molar-refractivity contribution in [3.05, 3.63) is 42.1 Å². The molecule has 1 heterocycles. The number of pyridine rings is 1. The lowest BCUT2D eigenvalue weighted by Crippen LogP contribution is -2.36. The van der Waals surface area contributed by atoms with Crippen molar-refractivity contribution in [2.75, 3.05) is 19.5 Å². The van der Waals surface area contributed by atoms with Gasteiger partial charge in [-0.15, -0.1) is 0 Å². The minimum Gasteiger partial charge on any atom is -0.496 e. The van der Waals surface area contributed by atoms with Gasteiger partial charge in [-0.1, -0.05) is 6.42 Å². The summed E-state index contributed by atoms with van der Waals surface area (Å²) in [6.45, 7) is 0. The number of nitrogens with one attached hydrogen (secondary N) is 2. The first kappa shape index (κ1) is 19.2. The summed E-state index contributed by atoms with van der Waals surface area (Å²) < 4.78 is 32.9. The lowest BCUT2D eigenvalue weighted by atomic mass is 9.85. The number of methoxy groups -OCH3 is 1. The van der Waals surface area contributed by atoms with E-state index < -0.39 is 11.6 Å². The quantitative estimate of drug-likeness (QED) is 0.835. The van der Waals surface area contributed by atoms with E-state index in [0.29, 0.717) is 11.6 Å². The molecule has 144 valence electrons. The van der Waals surface area contributed by atoms with Crippen LogP contribution in [0, 0.1) is 17.6 Å². The number of hydrogen-bond donors (Lipinski definition) is 2. The predicted octanol–water partition coefficient (Wildman–Crippen LogP) is 3.75. The summed E-state index contributed by atoms with van der Waals surface area (Å²) in [5.41, 5.74) is 0.580. The summed E-state index contributed by atoms with van der Waals surface area (Å²) in [6.07, 6.45) is 4.68. The Hall–Kier alpha value is -2.54. The molecule has 1 aliphatic carbocycles. The maximum absolute atomic E-state index is 14.3. The lowest BCUT2D eigenvalue weighted by Gasteiger charge is -2.27. The van der Waals surface area contributed by atoms with Gasteiger partial charge < -0.3 is 15.4 Å². The van der Waals surface area contributed by atoms with Crippen molar-refractivity contribution in [2.45, 2.75) is 31.7 Å². The molecule has 27 heavy (non-hydrogen) atoms. The van der Waals surface area contributed by atoms with Crippen molar-refractivity contribution in [3.8, 4) is 16.9 Å². The van der Waals surface area contributed by atoms with Crippen LogP contribution in [0.5, 0.6) is 5.75 Å². The van der Waals surface area contributed by atoms with E-state index in [-0.39, 0.29) is 29.0 Å². The Balaban J connectivity index is 1.82. The zero-order valence-corrected chi connectivity index (χ0v) is 15.4. The van der Waals surface area contributed by atoms with Crippen molar-refractivity contribution in [1.29, 1.82) is 0 Å². The zero-order valence-electron chi connectivity index (χ0n) is 15.4. The van der Waals surface area contributed by atoms with E-state index in [1.807, 2.05) is 7.05 Å². The molecule has 2 N–H and O–H groups in total. The second-order valence-electron chi connectivity index (χ2n) is 6.73. The molecular weight excluding hydrogens is 352 g/mol. The fraction of sp³-hybridized carbons (Fsp3) is 0.400. The standard InChI is InChI=1S/C20H23F2N3O2/c1-23-14-5-3-4-12(8-14)20(26)25-19-10-16(17(22)11-24-19)15-7-6-13(21)9-18(15)27-2/h6-7,9-12,14,23H,3-5,8H2,1-2H3,(H,24,25,26)/t12-,14+/m0/s1. The normalized spacial score (nSPS) is 19.6. The molecule has 1 aromatic heterocycles. The first-order valence-electron chi connectivity index (χ1n) is 8.99. The summed E-state index contributed by atoms with van der Waals surface area (Å²) in [5.74, 6) is -0.811. The van der Waals surface area contributed by atoms with Gasteiger partial charge in [-0.25, -0.2) is 13.8 Å². The Morgan fingerprint density at radius 2 is 2.04 bits per heavy atom. The van der Waals surface area contributed by atoms with Crippen LogP contribution in [0.4, 0.5) is 14.6 Å². The van der Waals surface area contributed by atoms with Crippen molar-refractivity contribution in [3.63, 3.8) is 0 Å². The average Bonchev–Trinajstić information content (AvgIpc) is 2.69. The van der Waals surface area contributed by atoms with Crippen LogP contribution in [0.25, 0.3) is 11.1 Å². The first-order chi connectivity index (χ1) is 13.0. The number of halogens is 2. The van der Waals surface area contributed by atoms with E-state index in [2.05, 4.69) is 15.6 Å². The van der Waals surface area contributed by atoms with E-state index >= 15 is 0 Å². The summed E-state index contributed by atoms with van der Waals surface area (Å²) in [6, 6.07) is 5.64. The molecule has 1 aromatic carbocycles. The zero-order chi connectivity index (χ0) is 19.4. The number of amides is 1. The van der Waals surface area contributed by atoms with Gasteiger partial charge >= 0.3 is 0 Å². The highest BCUT2D eigenvalue weighted by Crippen LogP contribution is 2.33. The van der Waals surface area contributed by atoms with Crippen LogP contribution in [-0.4, -0.2) is 31.1 Å². The van der Waals surface area contributed by atoms with Gasteiger partial charge in [0.15, 0.2) is 0 Å². The number of nitrogens with zero attached hydrogens (tertiary/aromatic N) is 1. The van der Waals surface area contributed by atoms with Crippen molar-refractivity contribution >= 4 is 11.7 Å². The molecule has 0 radical (unpaired) electrons. The molecule has 0 saturated heterocycles. The van der Waals surface area contributed by atoms with Gasteiger partial charge in [0, 0.05) is 29.2 Å². The molecule has 0 unspecified atom stereocenters. The molecule has 2 aromatic rings. The molecule has 0 aliphatic heterocycles. The average molecular weight is 375 g/mol. The maximum Gasteiger partial charge on any atom is 0.228 e. The molecular formula is C20H23F2N3O2. The third-order valence-electron chi connectivity index (χ3n) is 5.01. The number of anilines is 1. The predicted molar refractivity (Wildman–Crippen MR) is 99.6 cm³/mol. The number of benzene rings is 1. The van der Waals surface area contributed by atoms with Crippen LogP contribution in [0.1, 0.15) is 25.7 Å². The molecule has 2 atom stereocenters. The topological polar surface area (TPSA) is 63.2 Å². The molecule has 1 fully saturated rings. The van der Waals surface area contributed by atoms with Gasteiger partial charge in [-0.2, -0.15) is 0 Å². The van der Waals surface area contributed by atoms with E-state index in [4.69, 9.17) is 4.74 Å². The minimum atomic E-state index is -0.578. The van der Waals surface area contributed by atoms with Gasteiger partial charge in [0.2, 0.25) is 5.91 Å². The smallest absolute Gasteiger partial charge is 0.228 e. The van der Waals surface area contributed by atoms with E-state index in [1.54, 1.807) is 0 Å². The Morgan fingerprint density at radius 1 is 1.22 bits per heavy atom. The Kier molecular flexibility index (Phi) is 6.01. The molecule has 0 bridgehead atoms. The van der Waals surface area contributed by atoms with Gasteiger partial charge in [-0.3, -0.25) is 4.79 Å². The summed E-state index contributed by atoms with van der Waals surface area (Å²) in [4.78, 5) is 16.6. The molecule has 1 amide bonds. The first-order valence-corrected chi connectivity index (χ1v) is 8.99. The van der Waals surface area contributed by atoms with Gasteiger partial charge in [0.1, 0.15) is 23.2 Å². The maximum atomic E-state index is 14.3. The number of hydrogen-bond acceptors (Lipinski definition) is 4. The SMILES string of the molecule is CN[C@@H]1CCC[C@H](C(=O)Nc2cc(-c3ccc(F)cc3OC)c(F)cn2)C1. The summed E-state index contributed by atoms with van der Waals surface area (Å²) >= 11 is 0. The van der Waals surface area contributed by atoms with Crippen LogP contribution in [-0.2, 0) is 4.79 Å². The molecule has 1 saturated carbocycles. The Bertz CT molecular complexity index is 829. The van der Waals surface area contributed by atoms with Crippen molar-refractivity contribution in [1.82, 2.24) is 10.3 Å². The van der Waals surface area contributed by atoms with Crippen LogP contribution in [0.2, 0.25) is 0 Å². The Labute approximate surface area is 157 Å². The van der Waals surface area contributed by atoms with Crippen molar-refractivity contribution < 1.29 is 18.3 Å². The summed E-state index contributed by atoms with van der Waals surface area (Å²) in [5, 5.41) is 6.00. The van der Waals surface area contributed by atoms with Gasteiger partial charge in [-0.05, 0) is 44.5 Å². The highest BCUT2D eigenvalue weighted by atomic mass is 19.1. The van der Waals surface area contributed by atoms with Crippen LogP contribution in [0.3, 0.4) is 0 Å². The van der Waals surface area contributed by atoms with Crippen molar-refractivity contribution in [2.24, 2.45) is 5.92 Å². The fourth-order valence-corrected chi connectivity index (χ4v) is 3.52. The number of carbonyl (C=O) groups excluding carboxylic acids is 1. The molecule has 0 spiro atoms. The summed E-state index contributed by atoms with van der Waals surface area (Å²) in [7, 11) is 3.29. The van der Waals surface area contributed by atoms with E-state index in [1.165, 1.54) is 31.4 Å². The second kappa shape index (κ2) is 8.43. The number of aromatic nitrogens is 1. The molecule has 1 aliphatic rings. The Morgan fingerprint density at radius 3 is 2.78 bits per heavy atom. The molecule has 7 heteroatoms. The van der Waals surface area contributed by atoms with Crippen LogP contribution < -0.4 is 15.4 Å². The number of carbonyl (C=O) groups is 1. The molecule has 5 nitrogen and oxygen atoms in total. The highest BCUT2D eigenvalue weighted by molar-refractivity contribution is 5.92. The second-order valence-corrected chi connectivity index (χ2v) is 6.73. The number of ether oxygens (including phenoxy) is 1. The third kappa shape index (κ3) is 4.42. The third-order valence-corrected chi connectivity index (χ3v) is 5.01. The van der Waals surface area contributed by atoms with Crippen LogP contribution >= 0.6 is 0 Å². The van der Waals surface area contributed by atoms with Gasteiger partial charge in [0.25, 0.3) is 0 Å². The monoisotopic (exact) mass is 375 g/mol. The van der Waals surface area contributed by atoms with Crippen LogP contribution in [0.15, 0.2) is 30.5 Å². The minimum absolute atomic E-state index is 0.105. The number of rotatable bonds is 5. The van der Waals surface area contributed by atoms with E-state index in [9.17, 15) is 13.6 Å². The largest absolute Gasteiger partial charge is 0.496 e. The van der Waals surface area contributed by atoms with Gasteiger partial charge in [0.05, 0.1) is 13.3 Å². The molecule has 3 rings (SSSR count). The van der Waals surface area contributed by atoms with E-state index in [0.717, 1.165) is 31.9 Å². The highest BCUT2D eigenvalue weighted by Gasteiger charge is 2.27. The fourth-order valence-electron chi connectivity index (χ4n) is 3.52.